The van der Waals surface area contributed by atoms with Crippen molar-refractivity contribution >= 4 is 11.5 Å². The molecule has 0 spiro atoms. The molecule has 5 nitrogen and oxygen atoms in total. The van der Waals surface area contributed by atoms with Crippen molar-refractivity contribution in [3.05, 3.63) is 23.8 Å². The number of nitrogens with two attached hydrogens (primary N) is 1. The maximum absolute atomic E-state index is 12.1. The molecule has 0 aliphatic rings. The first kappa shape index (κ1) is 16.5. The number of hydrogen-bond donors (Lipinski definition) is 2. The summed E-state index contributed by atoms with van der Waals surface area (Å²) < 4.78 is 5.35. The van der Waals surface area contributed by atoms with Gasteiger partial charge in [0.25, 0.3) is 0 Å². The van der Waals surface area contributed by atoms with Crippen LogP contribution in [0.2, 0.25) is 0 Å². The molecule has 0 saturated carbocycles. The molecule has 3 N–H and O–H groups in total. The van der Waals surface area contributed by atoms with Crippen LogP contribution in [-0.2, 0) is 0 Å². The number of anilines is 1. The molecule has 112 valence electrons. The van der Waals surface area contributed by atoms with Gasteiger partial charge in [0.2, 0.25) is 0 Å². The van der Waals surface area contributed by atoms with E-state index in [1.165, 1.54) is 0 Å². The molecule has 0 amide bonds. The number of carbonyl (C=O) groups excluding carboxylic acids is 1. The van der Waals surface area contributed by atoms with E-state index in [4.69, 9.17) is 15.6 Å². The number of nitrogen functional groups attached to an aromatic ring is 1. The van der Waals surface area contributed by atoms with Crippen molar-refractivity contribution in [2.24, 2.45) is 0 Å². The van der Waals surface area contributed by atoms with Crippen LogP contribution in [0.3, 0.4) is 0 Å². The summed E-state index contributed by atoms with van der Waals surface area (Å²) >= 11 is 0. The first-order valence-corrected chi connectivity index (χ1v) is 7.01. The van der Waals surface area contributed by atoms with Crippen LogP contribution >= 0.6 is 0 Å². The van der Waals surface area contributed by atoms with Gasteiger partial charge in [-0.05, 0) is 31.7 Å². The molecule has 0 unspecified atom stereocenters. The number of aliphatic hydroxyl groups excluding tert-OH is 1. The third kappa shape index (κ3) is 4.83. The fraction of sp³-hybridized carbons (Fsp3) is 0.533. The highest BCUT2D eigenvalue weighted by Gasteiger charge is 2.11. The predicted octanol–water partition coefficient (Wildman–Crippen LogP) is 1.55. The molecular weight excluding hydrogens is 256 g/mol. The van der Waals surface area contributed by atoms with Crippen LogP contribution in [0.4, 0.5) is 5.69 Å². The maximum Gasteiger partial charge on any atom is 0.164 e. The van der Waals surface area contributed by atoms with Gasteiger partial charge in [0.05, 0.1) is 18.9 Å². The minimum atomic E-state index is 0.0520. The normalized spacial score (nSPS) is 10.8. The van der Waals surface area contributed by atoms with E-state index < -0.39 is 0 Å². The highest BCUT2D eigenvalue weighted by atomic mass is 16.5. The minimum Gasteiger partial charge on any atom is -0.492 e. The van der Waals surface area contributed by atoms with E-state index in [1.54, 1.807) is 18.2 Å². The number of nitrogens with zero attached hydrogens (tertiary/aromatic N) is 1. The van der Waals surface area contributed by atoms with Gasteiger partial charge < -0.3 is 20.5 Å². The van der Waals surface area contributed by atoms with Crippen molar-refractivity contribution in [2.45, 2.75) is 20.3 Å². The summed E-state index contributed by atoms with van der Waals surface area (Å²) in [5, 5.41) is 8.91. The number of Topliss-reactive ketones (excluding diaryl/α,β-unsaturated/α-hetero) is 1. The van der Waals surface area contributed by atoms with Crippen molar-refractivity contribution in [3.63, 3.8) is 0 Å². The van der Waals surface area contributed by atoms with Crippen LogP contribution in [0.15, 0.2) is 18.2 Å². The number of rotatable bonds is 9. The van der Waals surface area contributed by atoms with Gasteiger partial charge in [-0.15, -0.1) is 0 Å². The first-order chi connectivity index (χ1) is 9.62. The lowest BCUT2D eigenvalue weighted by atomic mass is 10.1. The number of ketones is 1. The molecule has 0 fully saturated rings. The number of likely N-dealkylation sites (N-methyl/N-ethyl adjacent to an activating group) is 1. The molecule has 0 bridgehead atoms. The molecule has 0 heterocycles. The van der Waals surface area contributed by atoms with Gasteiger partial charge in [-0.25, -0.2) is 0 Å². The highest BCUT2D eigenvalue weighted by Crippen LogP contribution is 2.23. The number of carbonyl (C=O) groups is 1. The van der Waals surface area contributed by atoms with Crippen molar-refractivity contribution in [3.8, 4) is 5.75 Å². The molecule has 1 rings (SSSR count). The van der Waals surface area contributed by atoms with Crippen molar-refractivity contribution in [1.29, 1.82) is 0 Å². The van der Waals surface area contributed by atoms with Crippen LogP contribution < -0.4 is 10.5 Å². The van der Waals surface area contributed by atoms with Crippen LogP contribution in [0.25, 0.3) is 0 Å². The van der Waals surface area contributed by atoms with E-state index in [1.807, 2.05) is 18.7 Å². The zero-order valence-corrected chi connectivity index (χ0v) is 12.3. The standard InChI is InChI=1S/C15H24N2O3/c1-3-17(9-10-18)8-7-14(19)12-5-6-15(20-4-2)13(16)11-12/h5-6,11,18H,3-4,7-10,16H2,1-2H3. The maximum atomic E-state index is 12.1. The second-order valence-electron chi connectivity index (χ2n) is 4.52. The summed E-state index contributed by atoms with van der Waals surface area (Å²) in [6, 6.07) is 5.14. The third-order valence-corrected chi connectivity index (χ3v) is 3.15. The summed E-state index contributed by atoms with van der Waals surface area (Å²) in [5.74, 6) is 0.663. The Kier molecular flexibility index (Phi) is 7.04. The van der Waals surface area contributed by atoms with Gasteiger partial charge in [-0.1, -0.05) is 6.92 Å². The van der Waals surface area contributed by atoms with Gasteiger partial charge in [0.15, 0.2) is 5.78 Å². The summed E-state index contributed by atoms with van der Waals surface area (Å²) in [6.45, 7) is 6.60. The van der Waals surface area contributed by atoms with E-state index >= 15 is 0 Å². The van der Waals surface area contributed by atoms with E-state index in [9.17, 15) is 4.79 Å². The second kappa shape index (κ2) is 8.55. The Labute approximate surface area is 120 Å². The van der Waals surface area contributed by atoms with Gasteiger partial charge in [0, 0.05) is 25.1 Å². The van der Waals surface area contributed by atoms with Gasteiger partial charge in [-0.2, -0.15) is 0 Å². The second-order valence-corrected chi connectivity index (χ2v) is 4.52. The molecule has 1 aromatic carbocycles. The average Bonchev–Trinajstić information content (AvgIpc) is 2.45. The molecular formula is C15H24N2O3. The Morgan fingerprint density at radius 3 is 2.65 bits per heavy atom. The van der Waals surface area contributed by atoms with Crippen LogP contribution in [0, 0.1) is 0 Å². The molecule has 0 aliphatic heterocycles. The Hall–Kier alpha value is -1.59. The van der Waals surface area contributed by atoms with Gasteiger partial charge in [-0.3, -0.25) is 4.79 Å². The zero-order chi connectivity index (χ0) is 15.0. The molecule has 0 radical (unpaired) electrons. The van der Waals surface area contributed by atoms with E-state index in [2.05, 4.69) is 0 Å². The topological polar surface area (TPSA) is 75.8 Å². The largest absolute Gasteiger partial charge is 0.492 e. The van der Waals surface area contributed by atoms with Crippen molar-refractivity contribution < 1.29 is 14.6 Å². The van der Waals surface area contributed by atoms with Gasteiger partial charge >= 0.3 is 0 Å². The smallest absolute Gasteiger partial charge is 0.164 e. The summed E-state index contributed by atoms with van der Waals surface area (Å²) in [7, 11) is 0. The summed E-state index contributed by atoms with van der Waals surface area (Å²) in [5.41, 5.74) is 6.94. The summed E-state index contributed by atoms with van der Waals surface area (Å²) in [6.07, 6.45) is 0.418. The highest BCUT2D eigenvalue weighted by molar-refractivity contribution is 5.97. The number of aliphatic hydroxyl groups is 1. The van der Waals surface area contributed by atoms with Crippen molar-refractivity contribution in [1.82, 2.24) is 4.90 Å². The Balaban J connectivity index is 2.61. The monoisotopic (exact) mass is 280 g/mol. The molecule has 20 heavy (non-hydrogen) atoms. The Morgan fingerprint density at radius 1 is 1.35 bits per heavy atom. The lowest BCUT2D eigenvalue weighted by molar-refractivity contribution is 0.0959. The first-order valence-electron chi connectivity index (χ1n) is 7.01. The SMILES string of the molecule is CCOc1ccc(C(=O)CCN(CC)CCO)cc1N. The van der Waals surface area contributed by atoms with Crippen LogP contribution in [0.5, 0.6) is 5.75 Å². The zero-order valence-electron chi connectivity index (χ0n) is 12.3. The predicted molar refractivity (Wildman–Crippen MR) is 80.2 cm³/mol. The molecule has 0 aliphatic carbocycles. The average molecular weight is 280 g/mol. The van der Waals surface area contributed by atoms with Gasteiger partial charge in [0.1, 0.15) is 5.75 Å². The lowest BCUT2D eigenvalue weighted by Gasteiger charge is -2.18. The van der Waals surface area contributed by atoms with Crippen molar-refractivity contribution in [2.75, 3.05) is 38.6 Å². The van der Waals surface area contributed by atoms with Crippen LogP contribution in [-0.4, -0.2) is 48.6 Å². The molecule has 5 heteroatoms. The number of ether oxygens (including phenoxy) is 1. The number of hydrogen-bond acceptors (Lipinski definition) is 5. The minimum absolute atomic E-state index is 0.0520. The molecule has 1 aromatic rings. The molecule has 0 aromatic heterocycles. The fourth-order valence-electron chi connectivity index (χ4n) is 1.98. The quantitative estimate of drug-likeness (QED) is 0.530. The van der Waals surface area contributed by atoms with E-state index in [0.717, 1.165) is 6.54 Å². The lowest BCUT2D eigenvalue weighted by Crippen LogP contribution is -2.29. The molecule has 0 atom stereocenters. The Morgan fingerprint density at radius 2 is 2.10 bits per heavy atom. The third-order valence-electron chi connectivity index (χ3n) is 3.15. The Bertz CT molecular complexity index is 435. The van der Waals surface area contributed by atoms with Crippen LogP contribution in [0.1, 0.15) is 30.6 Å². The van der Waals surface area contributed by atoms with E-state index in [-0.39, 0.29) is 12.4 Å². The molecule has 0 saturated heterocycles. The van der Waals surface area contributed by atoms with E-state index in [0.29, 0.717) is 43.1 Å². The number of benzene rings is 1. The summed E-state index contributed by atoms with van der Waals surface area (Å²) in [4.78, 5) is 14.1. The fourth-order valence-corrected chi connectivity index (χ4v) is 1.98.